The van der Waals surface area contributed by atoms with Crippen molar-refractivity contribution in [2.45, 2.75) is 19.9 Å². The van der Waals surface area contributed by atoms with Crippen LogP contribution in [0.3, 0.4) is 0 Å². The molecule has 1 atom stereocenters. The molecular weight excluding hydrogens is 172 g/mol. The molecular formula is C8H18N2OS. The molecule has 0 aliphatic carbocycles. The molecule has 0 aromatic heterocycles. The lowest BCUT2D eigenvalue weighted by atomic mass is 10.1. The van der Waals surface area contributed by atoms with Gasteiger partial charge in [-0.1, -0.05) is 13.8 Å². The van der Waals surface area contributed by atoms with Crippen LogP contribution >= 0.6 is 11.8 Å². The van der Waals surface area contributed by atoms with Gasteiger partial charge in [0.25, 0.3) is 0 Å². The van der Waals surface area contributed by atoms with E-state index in [1.165, 1.54) is 11.8 Å². The maximum Gasteiger partial charge on any atom is 0.230 e. The van der Waals surface area contributed by atoms with Gasteiger partial charge in [0.05, 0.1) is 5.75 Å². The van der Waals surface area contributed by atoms with Crippen molar-refractivity contribution in [2.24, 2.45) is 11.7 Å². The van der Waals surface area contributed by atoms with Gasteiger partial charge in [0.2, 0.25) is 5.91 Å². The summed E-state index contributed by atoms with van der Waals surface area (Å²) in [6.45, 7) is 4.62. The van der Waals surface area contributed by atoms with Gasteiger partial charge >= 0.3 is 0 Å². The molecule has 0 aromatic carbocycles. The molecule has 0 rings (SSSR count). The van der Waals surface area contributed by atoms with E-state index in [0.717, 1.165) is 0 Å². The molecule has 0 heterocycles. The monoisotopic (exact) mass is 190 g/mol. The van der Waals surface area contributed by atoms with Crippen LogP contribution in [-0.4, -0.2) is 30.5 Å². The van der Waals surface area contributed by atoms with E-state index in [1.54, 1.807) is 0 Å². The molecule has 1 amide bonds. The Morgan fingerprint density at radius 3 is 2.50 bits per heavy atom. The topological polar surface area (TPSA) is 55.1 Å². The normalized spacial score (nSPS) is 13.1. The number of thioether (sulfide) groups is 1. The van der Waals surface area contributed by atoms with Crippen LogP contribution in [0.4, 0.5) is 0 Å². The molecule has 0 aromatic rings. The Kier molecular flexibility index (Phi) is 6.20. The summed E-state index contributed by atoms with van der Waals surface area (Å²) in [5.41, 5.74) is 5.50. The van der Waals surface area contributed by atoms with Crippen LogP contribution < -0.4 is 11.1 Å². The highest BCUT2D eigenvalue weighted by Crippen LogP contribution is 2.00. The van der Waals surface area contributed by atoms with Gasteiger partial charge in [0.15, 0.2) is 0 Å². The van der Waals surface area contributed by atoms with Crippen molar-refractivity contribution in [3.8, 4) is 0 Å². The second-order valence-corrected chi connectivity index (χ2v) is 3.95. The van der Waals surface area contributed by atoms with E-state index in [9.17, 15) is 4.79 Å². The first kappa shape index (κ1) is 11.8. The summed E-state index contributed by atoms with van der Waals surface area (Å²) >= 11 is 1.52. The fourth-order valence-corrected chi connectivity index (χ4v) is 1.22. The zero-order valence-corrected chi connectivity index (χ0v) is 8.78. The molecule has 3 N–H and O–H groups in total. The third-order valence-electron chi connectivity index (χ3n) is 1.68. The first-order valence-electron chi connectivity index (χ1n) is 4.10. The number of nitrogens with one attached hydrogen (secondary N) is 1. The van der Waals surface area contributed by atoms with Crippen LogP contribution in [0.25, 0.3) is 0 Å². The highest BCUT2D eigenvalue weighted by Gasteiger charge is 2.13. The van der Waals surface area contributed by atoms with E-state index in [2.05, 4.69) is 19.2 Å². The summed E-state index contributed by atoms with van der Waals surface area (Å²) in [6, 6.07) is 0.115. The van der Waals surface area contributed by atoms with Crippen molar-refractivity contribution in [3.63, 3.8) is 0 Å². The number of amides is 1. The maximum atomic E-state index is 11.1. The van der Waals surface area contributed by atoms with Gasteiger partial charge in [0.1, 0.15) is 0 Å². The summed E-state index contributed by atoms with van der Waals surface area (Å²) in [6.07, 6.45) is 1.91. The van der Waals surface area contributed by atoms with Gasteiger partial charge in [0, 0.05) is 12.6 Å². The average Bonchev–Trinajstić information content (AvgIpc) is 2.00. The number of rotatable bonds is 5. The Morgan fingerprint density at radius 1 is 1.58 bits per heavy atom. The predicted octanol–water partition coefficient (Wildman–Crippen LogP) is 0.449. The van der Waals surface area contributed by atoms with E-state index in [0.29, 0.717) is 18.2 Å². The Balaban J connectivity index is 3.77. The summed E-state index contributed by atoms with van der Waals surface area (Å²) in [5, 5.41) is 2.88. The Bertz CT molecular complexity index is 139. The van der Waals surface area contributed by atoms with Crippen LogP contribution in [-0.2, 0) is 4.79 Å². The Hall–Kier alpha value is -0.220. The lowest BCUT2D eigenvalue weighted by molar-refractivity contribution is -0.119. The van der Waals surface area contributed by atoms with Gasteiger partial charge in [-0.2, -0.15) is 11.8 Å². The lowest BCUT2D eigenvalue weighted by Gasteiger charge is -2.20. The van der Waals surface area contributed by atoms with Gasteiger partial charge in [-0.3, -0.25) is 4.79 Å². The van der Waals surface area contributed by atoms with Crippen LogP contribution in [0.5, 0.6) is 0 Å². The minimum Gasteiger partial charge on any atom is -0.351 e. The minimum absolute atomic E-state index is 0.0756. The third-order valence-corrected chi connectivity index (χ3v) is 2.23. The van der Waals surface area contributed by atoms with E-state index in [4.69, 9.17) is 5.73 Å². The van der Waals surface area contributed by atoms with Gasteiger partial charge < -0.3 is 11.1 Å². The van der Waals surface area contributed by atoms with Crippen molar-refractivity contribution in [1.82, 2.24) is 5.32 Å². The van der Waals surface area contributed by atoms with Crippen LogP contribution in [0.1, 0.15) is 13.8 Å². The number of carbonyl (C=O) groups is 1. The molecule has 0 fully saturated rings. The number of hydrogen-bond donors (Lipinski definition) is 2. The molecule has 0 saturated heterocycles. The first-order valence-corrected chi connectivity index (χ1v) is 5.49. The average molecular weight is 190 g/mol. The van der Waals surface area contributed by atoms with Crippen LogP contribution in [0, 0.1) is 5.92 Å². The van der Waals surface area contributed by atoms with Crippen molar-refractivity contribution >= 4 is 17.7 Å². The molecule has 0 aliphatic heterocycles. The van der Waals surface area contributed by atoms with Gasteiger partial charge in [-0.05, 0) is 12.2 Å². The highest BCUT2D eigenvalue weighted by molar-refractivity contribution is 7.99. The van der Waals surface area contributed by atoms with Crippen LogP contribution in [0.2, 0.25) is 0 Å². The zero-order valence-electron chi connectivity index (χ0n) is 7.96. The zero-order chi connectivity index (χ0) is 9.56. The second-order valence-electron chi connectivity index (χ2n) is 3.09. The maximum absolute atomic E-state index is 11.1. The molecule has 72 valence electrons. The van der Waals surface area contributed by atoms with E-state index in [1.807, 2.05) is 6.26 Å². The Labute approximate surface area is 78.5 Å². The molecule has 12 heavy (non-hydrogen) atoms. The van der Waals surface area contributed by atoms with Gasteiger partial charge in [-0.15, -0.1) is 0 Å². The molecule has 0 saturated carbocycles. The standard InChI is InChI=1S/C8H18N2OS/c1-6(2)7(4-9)10-8(11)5-12-3/h6-7H,4-5,9H2,1-3H3,(H,10,11). The molecule has 1 unspecified atom stereocenters. The molecule has 3 nitrogen and oxygen atoms in total. The summed E-state index contributed by atoms with van der Waals surface area (Å²) < 4.78 is 0. The smallest absolute Gasteiger partial charge is 0.230 e. The number of nitrogens with two attached hydrogens (primary N) is 1. The molecule has 0 radical (unpaired) electrons. The van der Waals surface area contributed by atoms with Crippen molar-refractivity contribution in [2.75, 3.05) is 18.6 Å². The molecule has 4 heteroatoms. The first-order chi connectivity index (χ1) is 5.61. The predicted molar refractivity (Wildman–Crippen MR) is 54.2 cm³/mol. The molecule has 0 bridgehead atoms. The quantitative estimate of drug-likeness (QED) is 0.662. The fourth-order valence-electron chi connectivity index (χ4n) is 0.877. The van der Waals surface area contributed by atoms with E-state index in [-0.39, 0.29) is 11.9 Å². The van der Waals surface area contributed by atoms with Gasteiger partial charge in [-0.25, -0.2) is 0 Å². The van der Waals surface area contributed by atoms with Crippen molar-refractivity contribution in [1.29, 1.82) is 0 Å². The molecule has 0 aliphatic rings. The Morgan fingerprint density at radius 2 is 2.17 bits per heavy atom. The van der Waals surface area contributed by atoms with E-state index >= 15 is 0 Å². The molecule has 0 spiro atoms. The summed E-state index contributed by atoms with van der Waals surface area (Å²) in [7, 11) is 0. The van der Waals surface area contributed by atoms with Crippen molar-refractivity contribution in [3.05, 3.63) is 0 Å². The summed E-state index contributed by atoms with van der Waals surface area (Å²) in [4.78, 5) is 11.1. The lowest BCUT2D eigenvalue weighted by Crippen LogP contribution is -2.44. The van der Waals surface area contributed by atoms with Crippen molar-refractivity contribution < 1.29 is 4.79 Å². The number of carbonyl (C=O) groups excluding carboxylic acids is 1. The number of hydrogen-bond acceptors (Lipinski definition) is 3. The highest BCUT2D eigenvalue weighted by atomic mass is 32.2. The summed E-state index contributed by atoms with van der Waals surface area (Å²) in [5.74, 6) is 0.996. The third kappa shape index (κ3) is 4.62. The van der Waals surface area contributed by atoms with E-state index < -0.39 is 0 Å². The SMILES string of the molecule is CSCC(=O)NC(CN)C(C)C. The minimum atomic E-state index is 0.0756. The second kappa shape index (κ2) is 6.31. The fraction of sp³-hybridized carbons (Fsp3) is 0.875. The van der Waals surface area contributed by atoms with Crippen LogP contribution in [0.15, 0.2) is 0 Å². The largest absolute Gasteiger partial charge is 0.351 e.